The van der Waals surface area contributed by atoms with Crippen molar-refractivity contribution in [2.24, 2.45) is 0 Å². The van der Waals surface area contributed by atoms with Crippen LogP contribution in [0.25, 0.3) is 10.8 Å². The van der Waals surface area contributed by atoms with Crippen molar-refractivity contribution in [3.8, 4) is 0 Å². The lowest BCUT2D eigenvalue weighted by atomic mass is 10.0. The Labute approximate surface area is 121 Å². The van der Waals surface area contributed by atoms with Crippen LogP contribution in [0.2, 0.25) is 0 Å². The summed E-state index contributed by atoms with van der Waals surface area (Å²) in [4.78, 5) is 12.1. The van der Waals surface area contributed by atoms with E-state index >= 15 is 0 Å². The first-order valence-electron chi connectivity index (χ1n) is 6.15. The molecule has 0 fully saturated rings. The van der Waals surface area contributed by atoms with Gasteiger partial charge in [-0.05, 0) is 34.1 Å². The molecule has 2 aromatic carbocycles. The number of nitrogens with one attached hydrogen (secondary N) is 1. The van der Waals surface area contributed by atoms with Crippen LogP contribution in [0.5, 0.6) is 0 Å². The average Bonchev–Trinajstić information content (AvgIpc) is 2.43. The van der Waals surface area contributed by atoms with Gasteiger partial charge in [-0.3, -0.25) is 4.79 Å². The molecule has 2 aromatic rings. The number of alkyl halides is 1. The first-order valence-corrected chi connectivity index (χ1v) is 7.67. The highest BCUT2D eigenvalue weighted by atomic mass is 127. The summed E-state index contributed by atoms with van der Waals surface area (Å²) in [5, 5.41) is 5.11. The van der Waals surface area contributed by atoms with Crippen LogP contribution in [-0.4, -0.2) is 16.9 Å². The summed E-state index contributed by atoms with van der Waals surface area (Å²) in [5.41, 5.74) is 0.766. The summed E-state index contributed by atoms with van der Waals surface area (Å²) < 4.78 is 1.14. The Morgan fingerprint density at radius 1 is 1.06 bits per heavy atom. The molecule has 0 aliphatic carbocycles. The van der Waals surface area contributed by atoms with E-state index in [2.05, 4.69) is 27.9 Å². The van der Waals surface area contributed by atoms with E-state index in [1.54, 1.807) is 0 Å². The molecule has 0 saturated carbocycles. The van der Waals surface area contributed by atoms with E-state index in [0.29, 0.717) is 0 Å². The van der Waals surface area contributed by atoms with Gasteiger partial charge in [0.25, 0.3) is 5.91 Å². The number of fused-ring (bicyclic) bond motifs is 1. The van der Waals surface area contributed by atoms with E-state index in [1.165, 1.54) is 0 Å². The Morgan fingerprint density at radius 3 is 2.67 bits per heavy atom. The van der Waals surface area contributed by atoms with E-state index in [-0.39, 0.29) is 5.91 Å². The number of carbonyl (C=O) groups is 1. The Bertz CT molecular complexity index is 534. The summed E-state index contributed by atoms with van der Waals surface area (Å²) in [5.74, 6) is 0.0280. The molecule has 94 valence electrons. The molecule has 0 bridgehead atoms. The van der Waals surface area contributed by atoms with Gasteiger partial charge in [-0.15, -0.1) is 0 Å². The Morgan fingerprint density at radius 2 is 1.83 bits per heavy atom. The van der Waals surface area contributed by atoms with Gasteiger partial charge >= 0.3 is 0 Å². The van der Waals surface area contributed by atoms with Crippen molar-refractivity contribution in [1.29, 1.82) is 0 Å². The van der Waals surface area contributed by atoms with Crippen LogP contribution in [0.1, 0.15) is 23.2 Å². The first kappa shape index (κ1) is 13.3. The number of benzene rings is 2. The van der Waals surface area contributed by atoms with Crippen LogP contribution in [0.3, 0.4) is 0 Å². The molecular formula is C15H16INO. The zero-order valence-corrected chi connectivity index (χ0v) is 12.3. The van der Waals surface area contributed by atoms with Crippen LogP contribution in [-0.2, 0) is 0 Å². The number of hydrogen-bond acceptors (Lipinski definition) is 1. The van der Waals surface area contributed by atoms with Crippen molar-refractivity contribution >= 4 is 39.3 Å². The summed E-state index contributed by atoms with van der Waals surface area (Å²) >= 11 is 2.35. The molecule has 0 aliphatic heterocycles. The molecule has 0 atom stereocenters. The van der Waals surface area contributed by atoms with Crippen LogP contribution < -0.4 is 5.32 Å². The maximum atomic E-state index is 12.1. The second kappa shape index (κ2) is 6.73. The highest BCUT2D eigenvalue weighted by Gasteiger charge is 2.08. The third-order valence-electron chi connectivity index (χ3n) is 2.88. The zero-order chi connectivity index (χ0) is 12.8. The Hall–Kier alpha value is -1.10. The first-order chi connectivity index (χ1) is 8.83. The fraction of sp³-hybridized carbons (Fsp3) is 0.267. The third-order valence-corrected chi connectivity index (χ3v) is 3.64. The monoisotopic (exact) mass is 353 g/mol. The molecule has 1 N–H and O–H groups in total. The van der Waals surface area contributed by atoms with Crippen molar-refractivity contribution in [3.05, 3.63) is 48.0 Å². The standard InChI is InChI=1S/C15H16INO/c16-10-3-4-11-17-15(18)14-9-5-7-12-6-1-2-8-13(12)14/h1-2,5-9H,3-4,10-11H2,(H,17,18). The maximum absolute atomic E-state index is 12.1. The number of unbranched alkanes of at least 4 members (excludes halogenated alkanes) is 1. The highest BCUT2D eigenvalue weighted by molar-refractivity contribution is 14.1. The number of carbonyl (C=O) groups excluding carboxylic acids is 1. The fourth-order valence-corrected chi connectivity index (χ4v) is 2.48. The van der Waals surface area contributed by atoms with E-state index in [4.69, 9.17) is 0 Å². The van der Waals surface area contributed by atoms with E-state index < -0.39 is 0 Å². The molecule has 0 heterocycles. The molecule has 0 unspecified atom stereocenters. The number of rotatable bonds is 5. The molecular weight excluding hydrogens is 337 g/mol. The molecule has 0 spiro atoms. The van der Waals surface area contributed by atoms with E-state index in [0.717, 1.165) is 40.1 Å². The normalized spacial score (nSPS) is 10.5. The molecule has 3 heteroatoms. The Balaban J connectivity index is 2.13. The second-order valence-corrected chi connectivity index (χ2v) is 5.26. The van der Waals surface area contributed by atoms with Gasteiger partial charge in [-0.1, -0.05) is 59.0 Å². The molecule has 0 aromatic heterocycles. The van der Waals surface area contributed by atoms with Gasteiger partial charge in [-0.25, -0.2) is 0 Å². The van der Waals surface area contributed by atoms with Crippen LogP contribution in [0.4, 0.5) is 0 Å². The molecule has 1 amide bonds. The van der Waals surface area contributed by atoms with Gasteiger partial charge in [0, 0.05) is 12.1 Å². The highest BCUT2D eigenvalue weighted by Crippen LogP contribution is 2.18. The minimum atomic E-state index is 0.0280. The Kier molecular flexibility index (Phi) is 4.99. The van der Waals surface area contributed by atoms with Gasteiger partial charge < -0.3 is 5.32 Å². The predicted molar refractivity (Wildman–Crippen MR) is 84.4 cm³/mol. The second-order valence-electron chi connectivity index (χ2n) is 4.18. The van der Waals surface area contributed by atoms with Crippen molar-refractivity contribution in [2.45, 2.75) is 12.8 Å². The summed E-state index contributed by atoms with van der Waals surface area (Å²) in [6.45, 7) is 0.755. The van der Waals surface area contributed by atoms with Gasteiger partial charge in [-0.2, -0.15) is 0 Å². The zero-order valence-electron chi connectivity index (χ0n) is 10.2. The number of halogens is 1. The molecule has 18 heavy (non-hydrogen) atoms. The minimum Gasteiger partial charge on any atom is -0.352 e. The SMILES string of the molecule is O=C(NCCCCI)c1cccc2ccccc12. The maximum Gasteiger partial charge on any atom is 0.251 e. The van der Waals surface area contributed by atoms with Crippen LogP contribution in [0, 0.1) is 0 Å². The van der Waals surface area contributed by atoms with Crippen molar-refractivity contribution < 1.29 is 4.79 Å². The lowest BCUT2D eigenvalue weighted by Gasteiger charge is -2.07. The quantitative estimate of drug-likeness (QED) is 0.495. The van der Waals surface area contributed by atoms with Crippen LogP contribution >= 0.6 is 22.6 Å². The largest absolute Gasteiger partial charge is 0.352 e. The summed E-state index contributed by atoms with van der Waals surface area (Å²) in [7, 11) is 0. The number of amides is 1. The number of hydrogen-bond donors (Lipinski definition) is 1. The minimum absolute atomic E-state index is 0.0280. The topological polar surface area (TPSA) is 29.1 Å². The molecule has 0 aliphatic rings. The molecule has 0 radical (unpaired) electrons. The lowest BCUT2D eigenvalue weighted by molar-refractivity contribution is 0.0955. The van der Waals surface area contributed by atoms with Gasteiger partial charge in [0.1, 0.15) is 0 Å². The van der Waals surface area contributed by atoms with Crippen molar-refractivity contribution in [3.63, 3.8) is 0 Å². The van der Waals surface area contributed by atoms with Gasteiger partial charge in [0.05, 0.1) is 0 Å². The fourth-order valence-electron chi connectivity index (χ4n) is 1.94. The molecule has 2 rings (SSSR count). The van der Waals surface area contributed by atoms with Gasteiger partial charge in [0.15, 0.2) is 0 Å². The van der Waals surface area contributed by atoms with Crippen molar-refractivity contribution in [1.82, 2.24) is 5.32 Å². The molecule has 0 saturated heterocycles. The average molecular weight is 353 g/mol. The summed E-state index contributed by atoms with van der Waals surface area (Å²) in [6, 6.07) is 13.8. The van der Waals surface area contributed by atoms with Crippen molar-refractivity contribution in [2.75, 3.05) is 11.0 Å². The third kappa shape index (κ3) is 3.22. The van der Waals surface area contributed by atoms with Crippen LogP contribution in [0.15, 0.2) is 42.5 Å². The predicted octanol–water partition coefficient (Wildman–Crippen LogP) is 3.78. The van der Waals surface area contributed by atoms with E-state index in [9.17, 15) is 4.79 Å². The smallest absolute Gasteiger partial charge is 0.251 e. The summed E-state index contributed by atoms with van der Waals surface area (Å²) in [6.07, 6.45) is 2.19. The van der Waals surface area contributed by atoms with E-state index in [1.807, 2.05) is 42.5 Å². The van der Waals surface area contributed by atoms with Gasteiger partial charge in [0.2, 0.25) is 0 Å². The lowest BCUT2D eigenvalue weighted by Crippen LogP contribution is -2.24. The molecule has 2 nitrogen and oxygen atoms in total.